The van der Waals surface area contributed by atoms with E-state index < -0.39 is 5.97 Å². The van der Waals surface area contributed by atoms with E-state index >= 15 is 0 Å². The zero-order valence-electron chi connectivity index (χ0n) is 9.56. The van der Waals surface area contributed by atoms with Gasteiger partial charge in [0.25, 0.3) is 0 Å². The van der Waals surface area contributed by atoms with Crippen molar-refractivity contribution in [2.24, 2.45) is 7.05 Å². The largest absolute Gasteiger partial charge is 0.478 e. The summed E-state index contributed by atoms with van der Waals surface area (Å²) >= 11 is 1.81. The van der Waals surface area contributed by atoms with Crippen molar-refractivity contribution in [3.63, 3.8) is 0 Å². The molecule has 0 fully saturated rings. The first-order chi connectivity index (χ1) is 7.66. The van der Waals surface area contributed by atoms with Gasteiger partial charge in [-0.3, -0.25) is 4.68 Å². The van der Waals surface area contributed by atoms with Crippen LogP contribution in [0.25, 0.3) is 0 Å². The lowest BCUT2D eigenvalue weighted by Gasteiger charge is -2.05. The van der Waals surface area contributed by atoms with E-state index in [9.17, 15) is 4.79 Å². The minimum absolute atomic E-state index is 0.278. The normalized spacial score (nSPS) is 10.6. The Balaban J connectivity index is 2.46. The van der Waals surface area contributed by atoms with Crippen LogP contribution in [0.5, 0.6) is 0 Å². The van der Waals surface area contributed by atoms with Crippen molar-refractivity contribution in [3.05, 3.63) is 17.5 Å². The molecule has 16 heavy (non-hydrogen) atoms. The molecule has 1 heterocycles. The third-order valence-corrected chi connectivity index (χ3v) is 2.98. The molecule has 0 aliphatic carbocycles. The van der Waals surface area contributed by atoms with Gasteiger partial charge in [0.15, 0.2) is 0 Å². The number of hydrogen-bond acceptors (Lipinski definition) is 4. The summed E-state index contributed by atoms with van der Waals surface area (Å²) in [5.41, 5.74) is 0.997. The summed E-state index contributed by atoms with van der Waals surface area (Å²) in [5, 5.41) is 16.1. The second-order valence-electron chi connectivity index (χ2n) is 3.46. The molecular formula is C10H17N3O2S. The molecule has 0 saturated carbocycles. The zero-order chi connectivity index (χ0) is 12.0. The molecule has 90 valence electrons. The molecule has 1 aromatic rings. The van der Waals surface area contributed by atoms with Crippen molar-refractivity contribution in [2.75, 3.05) is 18.6 Å². The maximum atomic E-state index is 10.9. The molecule has 6 heteroatoms. The highest BCUT2D eigenvalue weighted by atomic mass is 32.2. The maximum Gasteiger partial charge on any atom is 0.339 e. The van der Waals surface area contributed by atoms with Gasteiger partial charge in [-0.15, -0.1) is 0 Å². The number of nitrogens with one attached hydrogen (secondary N) is 1. The molecule has 1 rings (SSSR count). The average molecular weight is 243 g/mol. The molecule has 0 saturated heterocycles. The number of thioether (sulfide) groups is 1. The van der Waals surface area contributed by atoms with E-state index in [0.29, 0.717) is 6.54 Å². The molecule has 5 nitrogen and oxygen atoms in total. The van der Waals surface area contributed by atoms with Crippen LogP contribution in [0, 0.1) is 0 Å². The van der Waals surface area contributed by atoms with Crippen LogP contribution in [0.2, 0.25) is 0 Å². The molecule has 2 N–H and O–H groups in total. The van der Waals surface area contributed by atoms with Crippen LogP contribution in [0.4, 0.5) is 0 Å². The van der Waals surface area contributed by atoms with Gasteiger partial charge in [0.1, 0.15) is 5.56 Å². The van der Waals surface area contributed by atoms with Gasteiger partial charge < -0.3 is 10.4 Å². The molecule has 0 bridgehead atoms. The van der Waals surface area contributed by atoms with E-state index in [1.165, 1.54) is 6.20 Å². The van der Waals surface area contributed by atoms with Crippen LogP contribution in [-0.4, -0.2) is 39.4 Å². The van der Waals surface area contributed by atoms with Crippen molar-refractivity contribution in [1.82, 2.24) is 15.1 Å². The van der Waals surface area contributed by atoms with Crippen molar-refractivity contribution in [3.8, 4) is 0 Å². The van der Waals surface area contributed by atoms with E-state index in [1.54, 1.807) is 11.7 Å². The molecular weight excluding hydrogens is 226 g/mol. The van der Waals surface area contributed by atoms with Gasteiger partial charge in [-0.05, 0) is 25.0 Å². The minimum Gasteiger partial charge on any atom is -0.478 e. The topological polar surface area (TPSA) is 67.2 Å². The summed E-state index contributed by atoms with van der Waals surface area (Å²) in [6.45, 7) is 1.44. The molecule has 0 aromatic carbocycles. The molecule has 1 aromatic heterocycles. The Labute approximate surface area is 99.2 Å². The summed E-state index contributed by atoms with van der Waals surface area (Å²) in [6, 6.07) is 0. The van der Waals surface area contributed by atoms with Crippen LogP contribution in [-0.2, 0) is 13.6 Å². The third kappa shape index (κ3) is 3.53. The SMILES string of the molecule is CSCCCNCc1c(C(=O)O)cnn1C. The smallest absolute Gasteiger partial charge is 0.339 e. The van der Waals surface area contributed by atoms with E-state index in [2.05, 4.69) is 16.7 Å². The van der Waals surface area contributed by atoms with Crippen molar-refractivity contribution < 1.29 is 9.90 Å². The van der Waals surface area contributed by atoms with Crippen LogP contribution < -0.4 is 5.32 Å². The number of carboxylic acids is 1. The summed E-state index contributed by atoms with van der Waals surface area (Å²) in [5.74, 6) is 0.193. The van der Waals surface area contributed by atoms with E-state index in [-0.39, 0.29) is 5.56 Å². The number of carboxylic acid groups (broad SMARTS) is 1. The van der Waals surface area contributed by atoms with Crippen molar-refractivity contribution in [1.29, 1.82) is 0 Å². The number of aryl methyl sites for hydroxylation is 1. The summed E-state index contributed by atoms with van der Waals surface area (Å²) in [7, 11) is 1.76. The molecule has 0 aliphatic heterocycles. The number of hydrogen-bond donors (Lipinski definition) is 2. The highest BCUT2D eigenvalue weighted by Crippen LogP contribution is 2.07. The van der Waals surface area contributed by atoms with Crippen molar-refractivity contribution >= 4 is 17.7 Å². The van der Waals surface area contributed by atoms with Gasteiger partial charge in [0.05, 0.1) is 11.9 Å². The first-order valence-electron chi connectivity index (χ1n) is 5.10. The van der Waals surface area contributed by atoms with Gasteiger partial charge >= 0.3 is 5.97 Å². The average Bonchev–Trinajstić information content (AvgIpc) is 2.60. The van der Waals surface area contributed by atoms with Crippen LogP contribution >= 0.6 is 11.8 Å². The minimum atomic E-state index is -0.922. The van der Waals surface area contributed by atoms with Gasteiger partial charge in [0, 0.05) is 13.6 Å². The number of aromatic nitrogens is 2. The first-order valence-corrected chi connectivity index (χ1v) is 6.50. The lowest BCUT2D eigenvalue weighted by molar-refractivity contribution is 0.0695. The Morgan fingerprint density at radius 2 is 2.44 bits per heavy atom. The molecule has 0 amide bonds. The monoisotopic (exact) mass is 243 g/mol. The maximum absolute atomic E-state index is 10.9. The zero-order valence-corrected chi connectivity index (χ0v) is 10.4. The lowest BCUT2D eigenvalue weighted by atomic mass is 10.2. The Kier molecular flexibility index (Phi) is 5.34. The number of carbonyl (C=O) groups is 1. The van der Waals surface area contributed by atoms with Gasteiger partial charge in [-0.1, -0.05) is 0 Å². The molecule has 0 atom stereocenters. The van der Waals surface area contributed by atoms with Crippen LogP contribution in [0.15, 0.2) is 6.20 Å². The summed E-state index contributed by atoms with van der Waals surface area (Å²) < 4.78 is 1.60. The molecule has 0 aliphatic rings. The highest BCUT2D eigenvalue weighted by Gasteiger charge is 2.13. The van der Waals surface area contributed by atoms with Gasteiger partial charge in [0.2, 0.25) is 0 Å². The number of nitrogens with zero attached hydrogens (tertiary/aromatic N) is 2. The van der Waals surface area contributed by atoms with E-state index in [0.717, 1.165) is 24.4 Å². The quantitative estimate of drug-likeness (QED) is 0.698. The Hall–Kier alpha value is -1.01. The Morgan fingerprint density at radius 1 is 1.69 bits per heavy atom. The fourth-order valence-electron chi connectivity index (χ4n) is 1.40. The molecule has 0 unspecified atom stereocenters. The highest BCUT2D eigenvalue weighted by molar-refractivity contribution is 7.98. The number of rotatable bonds is 7. The molecule has 0 spiro atoms. The second kappa shape index (κ2) is 6.55. The number of aromatic carboxylic acids is 1. The predicted molar refractivity (Wildman–Crippen MR) is 64.9 cm³/mol. The second-order valence-corrected chi connectivity index (χ2v) is 4.44. The van der Waals surface area contributed by atoms with Crippen LogP contribution in [0.1, 0.15) is 22.5 Å². The predicted octanol–water partition coefficient (Wildman–Crippen LogP) is 0.961. The van der Waals surface area contributed by atoms with Crippen LogP contribution in [0.3, 0.4) is 0 Å². The summed E-state index contributed by atoms with van der Waals surface area (Å²) in [4.78, 5) is 10.9. The lowest BCUT2D eigenvalue weighted by Crippen LogP contribution is -2.19. The van der Waals surface area contributed by atoms with E-state index in [1.807, 2.05) is 11.8 Å². The molecule has 0 radical (unpaired) electrons. The third-order valence-electron chi connectivity index (χ3n) is 2.29. The summed E-state index contributed by atoms with van der Waals surface area (Å²) in [6.07, 6.45) is 4.55. The fraction of sp³-hybridized carbons (Fsp3) is 0.600. The van der Waals surface area contributed by atoms with Gasteiger partial charge in [-0.2, -0.15) is 16.9 Å². The van der Waals surface area contributed by atoms with Crippen molar-refractivity contribution in [2.45, 2.75) is 13.0 Å². The Morgan fingerprint density at radius 3 is 3.06 bits per heavy atom. The fourth-order valence-corrected chi connectivity index (χ4v) is 1.83. The Bertz CT molecular complexity index is 352. The first kappa shape index (κ1) is 13.1. The standard InChI is InChI=1S/C10H17N3O2S/c1-13-9(7-11-4-3-5-16-2)8(6-12-13)10(14)15/h6,11H,3-5,7H2,1-2H3,(H,14,15). The van der Waals surface area contributed by atoms with E-state index in [4.69, 9.17) is 5.11 Å². The van der Waals surface area contributed by atoms with Gasteiger partial charge in [-0.25, -0.2) is 4.79 Å².